The second-order valence-electron chi connectivity index (χ2n) is 8.96. The number of benzene rings is 1. The zero-order valence-corrected chi connectivity index (χ0v) is 17.4. The fourth-order valence-corrected chi connectivity index (χ4v) is 5.57. The zero-order valence-electron chi connectivity index (χ0n) is 17.4. The molecule has 2 aliphatic heterocycles. The van der Waals surface area contributed by atoms with Crippen molar-refractivity contribution in [3.05, 3.63) is 53.6 Å². The molecular weight excluding hydrogens is 376 g/mol. The van der Waals surface area contributed by atoms with Crippen LogP contribution in [-0.2, 0) is 24.3 Å². The van der Waals surface area contributed by atoms with Gasteiger partial charge in [0.1, 0.15) is 11.9 Å². The molecule has 6 heteroatoms. The van der Waals surface area contributed by atoms with Crippen LogP contribution in [-0.4, -0.2) is 38.3 Å². The number of carbonyl (C=O) groups excluding carboxylic acids is 2. The molecule has 1 aromatic heterocycles. The van der Waals surface area contributed by atoms with Crippen LogP contribution < -0.4 is 5.32 Å². The van der Waals surface area contributed by atoms with Crippen LogP contribution in [0, 0.1) is 5.92 Å². The van der Waals surface area contributed by atoms with E-state index >= 15 is 0 Å². The normalized spacial score (nSPS) is 25.5. The number of fused-ring (bicyclic) bond motifs is 2. The maximum absolute atomic E-state index is 13.4. The average Bonchev–Trinajstić information content (AvgIpc) is 3.39. The molecule has 3 unspecified atom stereocenters. The van der Waals surface area contributed by atoms with E-state index in [1.165, 1.54) is 19.3 Å². The third kappa shape index (κ3) is 3.64. The summed E-state index contributed by atoms with van der Waals surface area (Å²) in [6.07, 6.45) is 10.7. The smallest absolute Gasteiger partial charge is 0.254 e. The molecule has 3 aliphatic rings. The Labute approximate surface area is 177 Å². The fraction of sp³-hybridized carbons (Fsp3) is 0.542. The molecule has 30 heavy (non-hydrogen) atoms. The van der Waals surface area contributed by atoms with Crippen molar-refractivity contribution in [1.29, 1.82) is 0 Å². The van der Waals surface area contributed by atoms with Crippen molar-refractivity contribution in [3.8, 4) is 0 Å². The Balaban J connectivity index is 1.32. The van der Waals surface area contributed by atoms with Crippen molar-refractivity contribution in [1.82, 2.24) is 19.8 Å². The number of likely N-dealkylation sites (tertiary alicyclic amines) is 1. The standard InChI is InChI=1S/C24H30N4O2/c29-23(25-15-19-16-27-13-7-6-12-22(27)26-19)21-14-18-10-4-5-11-20(18)28(21)24(30)17-8-2-1-3-9-17/h1-3,8-9,16,18,20-21H,4-7,10-15H2,(H,25,29). The lowest BCUT2D eigenvalue weighted by molar-refractivity contribution is -0.125. The minimum absolute atomic E-state index is 0.0115. The first-order chi connectivity index (χ1) is 14.7. The monoisotopic (exact) mass is 406 g/mol. The van der Waals surface area contributed by atoms with Crippen LogP contribution in [0.15, 0.2) is 36.5 Å². The van der Waals surface area contributed by atoms with E-state index in [0.717, 1.165) is 50.2 Å². The van der Waals surface area contributed by atoms with Crippen LogP contribution in [0.4, 0.5) is 0 Å². The lowest BCUT2D eigenvalue weighted by atomic mass is 9.84. The van der Waals surface area contributed by atoms with E-state index in [2.05, 4.69) is 16.1 Å². The van der Waals surface area contributed by atoms with Crippen LogP contribution in [0.25, 0.3) is 0 Å². The van der Waals surface area contributed by atoms with Gasteiger partial charge in [-0.15, -0.1) is 0 Å². The van der Waals surface area contributed by atoms with E-state index in [4.69, 9.17) is 4.98 Å². The van der Waals surface area contributed by atoms with E-state index in [-0.39, 0.29) is 23.9 Å². The van der Waals surface area contributed by atoms with E-state index in [0.29, 0.717) is 18.0 Å². The molecule has 0 bridgehead atoms. The maximum atomic E-state index is 13.4. The van der Waals surface area contributed by atoms with Crippen LogP contribution >= 0.6 is 0 Å². The Morgan fingerprint density at radius 3 is 2.73 bits per heavy atom. The summed E-state index contributed by atoms with van der Waals surface area (Å²) in [5, 5.41) is 3.09. The van der Waals surface area contributed by atoms with Gasteiger partial charge in [-0.25, -0.2) is 4.98 Å². The number of nitrogens with one attached hydrogen (secondary N) is 1. The lowest BCUT2D eigenvalue weighted by Gasteiger charge is -2.33. The molecule has 2 amide bonds. The molecular formula is C24H30N4O2. The van der Waals surface area contributed by atoms with Crippen molar-refractivity contribution in [3.63, 3.8) is 0 Å². The number of amides is 2. The number of hydrogen-bond acceptors (Lipinski definition) is 3. The molecule has 1 saturated heterocycles. The molecule has 3 atom stereocenters. The van der Waals surface area contributed by atoms with Crippen LogP contribution in [0.5, 0.6) is 0 Å². The third-order valence-corrected chi connectivity index (χ3v) is 7.05. The molecule has 2 fully saturated rings. The Hall–Kier alpha value is -2.63. The van der Waals surface area contributed by atoms with Gasteiger partial charge in [0, 0.05) is 30.8 Å². The number of hydrogen-bond donors (Lipinski definition) is 1. The predicted molar refractivity (Wildman–Crippen MR) is 114 cm³/mol. The summed E-state index contributed by atoms with van der Waals surface area (Å²) >= 11 is 0. The minimum atomic E-state index is -0.386. The number of carbonyl (C=O) groups is 2. The van der Waals surface area contributed by atoms with Gasteiger partial charge in [-0.3, -0.25) is 9.59 Å². The van der Waals surface area contributed by atoms with Gasteiger partial charge in [-0.05, 0) is 50.2 Å². The van der Waals surface area contributed by atoms with Gasteiger partial charge in [-0.1, -0.05) is 31.0 Å². The van der Waals surface area contributed by atoms with Crippen molar-refractivity contribution < 1.29 is 9.59 Å². The second kappa shape index (κ2) is 8.25. The number of aromatic nitrogens is 2. The summed E-state index contributed by atoms with van der Waals surface area (Å²) in [5.41, 5.74) is 1.58. The van der Waals surface area contributed by atoms with E-state index in [9.17, 15) is 9.59 Å². The first kappa shape index (κ1) is 19.3. The van der Waals surface area contributed by atoms with Gasteiger partial charge in [0.2, 0.25) is 5.91 Å². The Morgan fingerprint density at radius 2 is 1.90 bits per heavy atom. The highest BCUT2D eigenvalue weighted by molar-refractivity contribution is 5.98. The zero-order chi connectivity index (χ0) is 20.5. The number of nitrogens with zero attached hydrogens (tertiary/aromatic N) is 3. The molecule has 3 heterocycles. The SMILES string of the molecule is O=C(NCc1cn2c(n1)CCCC2)C1CC2CCCCC2N1C(=O)c1ccccc1. The number of imidazole rings is 1. The molecule has 1 aliphatic carbocycles. The quantitative estimate of drug-likeness (QED) is 0.847. The minimum Gasteiger partial charge on any atom is -0.349 e. The third-order valence-electron chi connectivity index (χ3n) is 7.05. The van der Waals surface area contributed by atoms with E-state index in [1.807, 2.05) is 35.2 Å². The topological polar surface area (TPSA) is 67.2 Å². The summed E-state index contributed by atoms with van der Waals surface area (Å²) in [5.74, 6) is 1.50. The van der Waals surface area contributed by atoms with E-state index in [1.54, 1.807) is 0 Å². The highest BCUT2D eigenvalue weighted by Crippen LogP contribution is 2.40. The lowest BCUT2D eigenvalue weighted by Crippen LogP contribution is -2.49. The Morgan fingerprint density at radius 1 is 1.07 bits per heavy atom. The Kier molecular flexibility index (Phi) is 5.32. The van der Waals surface area contributed by atoms with Gasteiger partial charge < -0.3 is 14.8 Å². The summed E-state index contributed by atoms with van der Waals surface area (Å²) in [6, 6.07) is 9.18. The Bertz CT molecular complexity index is 899. The van der Waals surface area contributed by atoms with Crippen molar-refractivity contribution in [2.24, 2.45) is 5.92 Å². The first-order valence-corrected chi connectivity index (χ1v) is 11.4. The number of aryl methyl sites for hydroxylation is 2. The van der Waals surface area contributed by atoms with Gasteiger partial charge in [-0.2, -0.15) is 0 Å². The maximum Gasteiger partial charge on any atom is 0.254 e. The van der Waals surface area contributed by atoms with Gasteiger partial charge in [0.05, 0.1) is 12.2 Å². The summed E-state index contributed by atoms with van der Waals surface area (Å²) in [6.45, 7) is 1.44. The first-order valence-electron chi connectivity index (χ1n) is 11.4. The van der Waals surface area contributed by atoms with Crippen LogP contribution in [0.2, 0.25) is 0 Å². The summed E-state index contributed by atoms with van der Waals surface area (Å²) < 4.78 is 2.21. The fourth-order valence-electron chi connectivity index (χ4n) is 5.57. The molecule has 1 saturated carbocycles. The summed E-state index contributed by atoms with van der Waals surface area (Å²) in [7, 11) is 0. The van der Waals surface area contributed by atoms with Gasteiger partial charge in [0.25, 0.3) is 5.91 Å². The van der Waals surface area contributed by atoms with Crippen molar-refractivity contribution in [2.75, 3.05) is 0 Å². The molecule has 2 aromatic rings. The highest BCUT2D eigenvalue weighted by atomic mass is 16.2. The summed E-state index contributed by atoms with van der Waals surface area (Å²) in [4.78, 5) is 33.2. The van der Waals surface area contributed by atoms with Crippen molar-refractivity contribution >= 4 is 11.8 Å². The van der Waals surface area contributed by atoms with E-state index < -0.39 is 0 Å². The van der Waals surface area contributed by atoms with Crippen molar-refractivity contribution in [2.45, 2.75) is 76.5 Å². The molecule has 6 nitrogen and oxygen atoms in total. The molecule has 158 valence electrons. The molecule has 0 radical (unpaired) electrons. The molecule has 1 N–H and O–H groups in total. The van der Waals surface area contributed by atoms with Crippen LogP contribution in [0.1, 0.15) is 66.8 Å². The molecule has 1 aromatic carbocycles. The molecule has 5 rings (SSSR count). The number of rotatable bonds is 4. The van der Waals surface area contributed by atoms with Crippen LogP contribution in [0.3, 0.4) is 0 Å². The average molecular weight is 407 g/mol. The largest absolute Gasteiger partial charge is 0.349 e. The second-order valence-corrected chi connectivity index (χ2v) is 8.96. The predicted octanol–water partition coefficient (Wildman–Crippen LogP) is 3.31. The van der Waals surface area contributed by atoms with Gasteiger partial charge in [0.15, 0.2) is 0 Å². The van der Waals surface area contributed by atoms with Gasteiger partial charge >= 0.3 is 0 Å². The molecule has 0 spiro atoms. The highest BCUT2D eigenvalue weighted by Gasteiger charge is 2.47.